The van der Waals surface area contributed by atoms with Gasteiger partial charge in [0.1, 0.15) is 11.5 Å². The van der Waals surface area contributed by atoms with E-state index in [0.29, 0.717) is 22.6 Å². The number of rotatable bonds is 4. The Balaban J connectivity index is 1.31. The second kappa shape index (κ2) is 8.18. The number of fused-ring (bicyclic) bond motifs is 1. The van der Waals surface area contributed by atoms with Crippen LogP contribution in [0.1, 0.15) is 23.2 Å². The Morgan fingerprint density at radius 3 is 2.62 bits per heavy atom. The second-order valence-electron chi connectivity index (χ2n) is 9.33. The van der Waals surface area contributed by atoms with Crippen molar-refractivity contribution < 1.29 is 9.21 Å². The third-order valence-corrected chi connectivity index (χ3v) is 6.97. The third-order valence-electron chi connectivity index (χ3n) is 6.97. The smallest absolute Gasteiger partial charge is 0.256 e. The number of nitrogens with one attached hydrogen (secondary N) is 1. The normalized spacial score (nSPS) is 17.6. The minimum atomic E-state index is -0.245. The molecule has 9 heteroatoms. The molecule has 1 amide bonds. The van der Waals surface area contributed by atoms with Gasteiger partial charge in [-0.15, -0.1) is 0 Å². The summed E-state index contributed by atoms with van der Waals surface area (Å²) in [5.41, 5.74) is 3.42. The number of likely N-dealkylation sites (tertiary alicyclic amines) is 1. The van der Waals surface area contributed by atoms with Crippen LogP contribution in [0.25, 0.3) is 22.4 Å². The molecule has 0 aliphatic carbocycles. The number of oxazole rings is 1. The molecular formula is C25H25N7O2. The molecule has 0 saturated carbocycles. The van der Waals surface area contributed by atoms with Crippen molar-refractivity contribution in [2.75, 3.05) is 43.4 Å². The van der Waals surface area contributed by atoms with Crippen molar-refractivity contribution in [3.8, 4) is 11.5 Å². The Morgan fingerprint density at radius 2 is 1.88 bits per heavy atom. The Kier molecular flexibility index (Phi) is 4.99. The number of piperidine rings is 1. The molecule has 6 rings (SSSR count). The molecule has 0 radical (unpaired) electrons. The van der Waals surface area contributed by atoms with Crippen molar-refractivity contribution in [1.82, 2.24) is 24.8 Å². The molecule has 9 nitrogen and oxygen atoms in total. The standard InChI is InChI=1S/C25H25N7O2/c1-31-8-4-25(5-9-31)14-32(15-25)20-10-18-12-28-22(30-24(33)17-2-6-26-7-3-17)11-19(18)29-23(20)21-13-27-16-34-21/h2-3,6-7,10-13,16H,4-5,8-9,14-15H2,1H3,(H,28,30,33). The van der Waals surface area contributed by atoms with Crippen LogP contribution in [0.2, 0.25) is 0 Å². The lowest BCUT2D eigenvalue weighted by Gasteiger charge is -2.55. The van der Waals surface area contributed by atoms with E-state index in [1.165, 1.54) is 19.2 Å². The van der Waals surface area contributed by atoms with Crippen LogP contribution < -0.4 is 10.2 Å². The molecule has 0 atom stereocenters. The largest absolute Gasteiger partial charge is 0.442 e. The number of carbonyl (C=O) groups excluding carboxylic acids is 1. The van der Waals surface area contributed by atoms with Crippen molar-refractivity contribution in [3.63, 3.8) is 0 Å². The predicted octanol–water partition coefficient (Wildman–Crippen LogP) is 3.46. The van der Waals surface area contributed by atoms with Gasteiger partial charge in [0.25, 0.3) is 5.91 Å². The van der Waals surface area contributed by atoms with Crippen LogP contribution in [-0.4, -0.2) is 64.0 Å². The molecule has 172 valence electrons. The number of nitrogens with zero attached hydrogens (tertiary/aromatic N) is 6. The minimum absolute atomic E-state index is 0.245. The summed E-state index contributed by atoms with van der Waals surface area (Å²) >= 11 is 0. The predicted molar refractivity (Wildman–Crippen MR) is 129 cm³/mol. The van der Waals surface area contributed by atoms with E-state index in [9.17, 15) is 4.79 Å². The molecule has 0 aromatic carbocycles. The van der Waals surface area contributed by atoms with Crippen LogP contribution in [0.5, 0.6) is 0 Å². The van der Waals surface area contributed by atoms with Crippen LogP contribution in [0, 0.1) is 5.41 Å². The molecule has 6 heterocycles. The summed E-state index contributed by atoms with van der Waals surface area (Å²) in [6.45, 7) is 4.33. The first-order valence-corrected chi connectivity index (χ1v) is 11.4. The quantitative estimate of drug-likeness (QED) is 0.499. The van der Waals surface area contributed by atoms with Gasteiger partial charge < -0.3 is 19.5 Å². The van der Waals surface area contributed by atoms with Crippen LogP contribution in [-0.2, 0) is 0 Å². The Bertz CT molecular complexity index is 1320. The number of pyridine rings is 3. The van der Waals surface area contributed by atoms with Crippen LogP contribution in [0.15, 0.2) is 59.9 Å². The van der Waals surface area contributed by atoms with Gasteiger partial charge in [-0.05, 0) is 51.2 Å². The maximum atomic E-state index is 12.5. The molecule has 34 heavy (non-hydrogen) atoms. The summed E-state index contributed by atoms with van der Waals surface area (Å²) in [4.78, 5) is 34.7. The fourth-order valence-corrected chi connectivity index (χ4v) is 4.91. The molecule has 0 unspecified atom stereocenters. The lowest BCUT2D eigenvalue weighted by Crippen LogP contribution is -2.60. The van der Waals surface area contributed by atoms with Crippen molar-refractivity contribution in [2.24, 2.45) is 5.41 Å². The van der Waals surface area contributed by atoms with Gasteiger partial charge in [0.05, 0.1) is 17.4 Å². The second-order valence-corrected chi connectivity index (χ2v) is 9.33. The maximum Gasteiger partial charge on any atom is 0.256 e. The third kappa shape index (κ3) is 3.77. The van der Waals surface area contributed by atoms with Crippen molar-refractivity contribution in [1.29, 1.82) is 0 Å². The fourth-order valence-electron chi connectivity index (χ4n) is 4.91. The molecule has 0 bridgehead atoms. The van der Waals surface area contributed by atoms with E-state index < -0.39 is 0 Å². The van der Waals surface area contributed by atoms with E-state index in [0.717, 1.165) is 48.5 Å². The van der Waals surface area contributed by atoms with Gasteiger partial charge in [-0.25, -0.2) is 15.0 Å². The van der Waals surface area contributed by atoms with Gasteiger partial charge in [0.15, 0.2) is 12.2 Å². The first-order valence-electron chi connectivity index (χ1n) is 11.4. The average Bonchev–Trinajstić information content (AvgIpc) is 3.38. The van der Waals surface area contributed by atoms with Gasteiger partial charge in [-0.3, -0.25) is 9.78 Å². The van der Waals surface area contributed by atoms with Gasteiger partial charge in [-0.1, -0.05) is 0 Å². The van der Waals surface area contributed by atoms with Gasteiger partial charge >= 0.3 is 0 Å². The molecule has 4 aromatic heterocycles. The monoisotopic (exact) mass is 455 g/mol. The fraction of sp³-hybridized carbons (Fsp3) is 0.320. The number of hydrogen-bond donors (Lipinski definition) is 1. The van der Waals surface area contributed by atoms with Gasteiger partial charge in [-0.2, -0.15) is 0 Å². The zero-order valence-electron chi connectivity index (χ0n) is 18.9. The van der Waals surface area contributed by atoms with E-state index in [4.69, 9.17) is 9.40 Å². The number of aromatic nitrogens is 4. The SMILES string of the molecule is CN1CCC2(CC1)CN(c1cc3cnc(NC(=O)c4ccncc4)cc3nc1-c1cnco1)C2. The summed E-state index contributed by atoms with van der Waals surface area (Å²) in [5.74, 6) is 0.818. The molecule has 1 N–H and O–H groups in total. The van der Waals surface area contributed by atoms with Gasteiger partial charge in [0, 0.05) is 54.1 Å². The van der Waals surface area contributed by atoms with E-state index in [2.05, 4.69) is 43.2 Å². The first-order chi connectivity index (χ1) is 16.6. The number of hydrogen-bond acceptors (Lipinski definition) is 8. The molecule has 2 aliphatic rings. The highest BCUT2D eigenvalue weighted by Crippen LogP contribution is 2.45. The van der Waals surface area contributed by atoms with E-state index in [-0.39, 0.29) is 5.91 Å². The number of anilines is 2. The highest BCUT2D eigenvalue weighted by atomic mass is 16.3. The van der Waals surface area contributed by atoms with Crippen molar-refractivity contribution in [2.45, 2.75) is 12.8 Å². The maximum absolute atomic E-state index is 12.5. The summed E-state index contributed by atoms with van der Waals surface area (Å²) < 4.78 is 5.63. The van der Waals surface area contributed by atoms with E-state index in [1.807, 2.05) is 0 Å². The molecule has 2 fully saturated rings. The highest BCUT2D eigenvalue weighted by Gasteiger charge is 2.45. The van der Waals surface area contributed by atoms with Crippen LogP contribution in [0.4, 0.5) is 11.5 Å². The zero-order valence-corrected chi connectivity index (χ0v) is 18.9. The van der Waals surface area contributed by atoms with Crippen molar-refractivity contribution in [3.05, 3.63) is 61.0 Å². The van der Waals surface area contributed by atoms with Crippen LogP contribution in [0.3, 0.4) is 0 Å². The van der Waals surface area contributed by atoms with Crippen molar-refractivity contribution >= 4 is 28.3 Å². The lowest BCUT2D eigenvalue weighted by atomic mass is 9.71. The lowest BCUT2D eigenvalue weighted by molar-refractivity contribution is 0.0907. The summed E-state index contributed by atoms with van der Waals surface area (Å²) in [6, 6.07) is 7.22. The van der Waals surface area contributed by atoms with Crippen LogP contribution >= 0.6 is 0 Å². The molecule has 4 aromatic rings. The van der Waals surface area contributed by atoms with E-state index >= 15 is 0 Å². The summed E-state index contributed by atoms with van der Waals surface area (Å²) in [7, 11) is 2.19. The molecule has 2 aliphatic heterocycles. The summed E-state index contributed by atoms with van der Waals surface area (Å²) in [5, 5.41) is 3.75. The number of carbonyl (C=O) groups is 1. The number of amides is 1. The Hall–Kier alpha value is -3.85. The first kappa shape index (κ1) is 20.7. The average molecular weight is 456 g/mol. The van der Waals surface area contributed by atoms with Gasteiger partial charge in [0.2, 0.25) is 0 Å². The minimum Gasteiger partial charge on any atom is -0.442 e. The topological polar surface area (TPSA) is 100 Å². The molecular weight excluding hydrogens is 430 g/mol. The Labute approximate surface area is 196 Å². The highest BCUT2D eigenvalue weighted by molar-refractivity contribution is 6.04. The summed E-state index contributed by atoms with van der Waals surface area (Å²) in [6.07, 6.45) is 10.5. The molecule has 2 saturated heterocycles. The zero-order chi connectivity index (χ0) is 23.1. The van der Waals surface area contributed by atoms with E-state index in [1.54, 1.807) is 43.0 Å². The Morgan fingerprint density at radius 1 is 1.09 bits per heavy atom. The molecule has 1 spiro atoms.